The lowest BCUT2D eigenvalue weighted by atomic mass is 9.99. The second-order valence-corrected chi connectivity index (χ2v) is 7.56. The Morgan fingerprint density at radius 3 is 2.69 bits per heavy atom. The van der Waals surface area contributed by atoms with Crippen molar-refractivity contribution in [1.29, 1.82) is 0 Å². The third-order valence-electron chi connectivity index (χ3n) is 4.67. The van der Waals surface area contributed by atoms with Gasteiger partial charge in [0.2, 0.25) is 5.91 Å². The van der Waals surface area contributed by atoms with Crippen LogP contribution in [-0.4, -0.2) is 35.0 Å². The summed E-state index contributed by atoms with van der Waals surface area (Å²) in [6.45, 7) is 1.33. The van der Waals surface area contributed by atoms with Crippen LogP contribution in [0.4, 0.5) is 9.93 Å². The quantitative estimate of drug-likeness (QED) is 0.658. The number of benzene rings is 1. The topological polar surface area (TPSA) is 87.2 Å². The van der Waals surface area contributed by atoms with Gasteiger partial charge in [-0.1, -0.05) is 30.3 Å². The molecule has 0 saturated carbocycles. The number of hydrogen-bond donors (Lipinski definition) is 2. The van der Waals surface area contributed by atoms with Crippen LogP contribution in [0.3, 0.4) is 0 Å². The highest BCUT2D eigenvalue weighted by Gasteiger charge is 2.23. The molecule has 8 heteroatoms. The van der Waals surface area contributed by atoms with E-state index in [-0.39, 0.29) is 24.4 Å². The molecule has 1 atom stereocenters. The van der Waals surface area contributed by atoms with Gasteiger partial charge in [0, 0.05) is 30.9 Å². The van der Waals surface area contributed by atoms with Crippen molar-refractivity contribution in [2.75, 3.05) is 18.0 Å². The Hall–Kier alpha value is -3.26. The highest BCUT2D eigenvalue weighted by molar-refractivity contribution is 7.14. The van der Waals surface area contributed by atoms with E-state index in [1.807, 2.05) is 47.8 Å². The number of thiazole rings is 1. The Kier molecular flexibility index (Phi) is 5.81. The summed E-state index contributed by atoms with van der Waals surface area (Å²) in [6, 6.07) is 13.2. The number of urea groups is 1. The van der Waals surface area contributed by atoms with Gasteiger partial charge in [-0.3, -0.25) is 14.7 Å². The summed E-state index contributed by atoms with van der Waals surface area (Å²) in [7, 11) is 0. The number of carbonyl (C=O) groups excluding carboxylic acids is 2. The van der Waals surface area contributed by atoms with Gasteiger partial charge in [0.05, 0.1) is 18.2 Å². The Morgan fingerprint density at radius 1 is 1.17 bits per heavy atom. The number of amides is 3. The van der Waals surface area contributed by atoms with Crippen LogP contribution in [0.1, 0.15) is 29.3 Å². The van der Waals surface area contributed by atoms with Crippen molar-refractivity contribution in [2.24, 2.45) is 0 Å². The van der Waals surface area contributed by atoms with E-state index >= 15 is 0 Å². The van der Waals surface area contributed by atoms with Gasteiger partial charge in [-0.25, -0.2) is 9.78 Å². The lowest BCUT2D eigenvalue weighted by Crippen LogP contribution is -2.46. The largest absolute Gasteiger partial charge is 0.345 e. The predicted octanol–water partition coefficient (Wildman–Crippen LogP) is 2.91. The fourth-order valence-electron chi connectivity index (χ4n) is 3.25. The Labute approximate surface area is 172 Å². The highest BCUT2D eigenvalue weighted by Crippen LogP contribution is 2.24. The molecule has 0 radical (unpaired) electrons. The minimum absolute atomic E-state index is 0.129. The molecule has 0 spiro atoms. The molecule has 2 N–H and O–H groups in total. The maximum absolute atomic E-state index is 12.8. The zero-order chi connectivity index (χ0) is 20.1. The summed E-state index contributed by atoms with van der Waals surface area (Å²) in [5.41, 5.74) is 2.61. The van der Waals surface area contributed by atoms with E-state index in [0.717, 1.165) is 17.5 Å². The number of nitrogens with one attached hydrogen (secondary N) is 2. The molecule has 1 aromatic carbocycles. The number of hydrogen-bond acceptors (Lipinski definition) is 5. The summed E-state index contributed by atoms with van der Waals surface area (Å²) >= 11 is 1.38. The van der Waals surface area contributed by atoms with Crippen LogP contribution in [0, 0.1) is 0 Å². The standard InChI is InChI=1S/C21H21N5O2S/c27-18(13-17-14-29-21(24-17)26-12-4-9-23-20(26)28)25-19(15-5-2-1-3-6-15)16-7-10-22-11-8-16/h1-3,5-8,10-11,14,19H,4,9,12-13H2,(H,23,28)(H,25,27). The smallest absolute Gasteiger partial charge is 0.323 e. The van der Waals surface area contributed by atoms with Gasteiger partial charge in [-0.2, -0.15) is 0 Å². The van der Waals surface area contributed by atoms with Crippen molar-refractivity contribution in [1.82, 2.24) is 20.6 Å². The number of carbonyl (C=O) groups is 2. The van der Waals surface area contributed by atoms with Gasteiger partial charge in [-0.15, -0.1) is 11.3 Å². The van der Waals surface area contributed by atoms with Gasteiger partial charge in [0.25, 0.3) is 0 Å². The zero-order valence-electron chi connectivity index (χ0n) is 15.7. The lowest BCUT2D eigenvalue weighted by Gasteiger charge is -2.24. The van der Waals surface area contributed by atoms with Gasteiger partial charge < -0.3 is 10.6 Å². The summed E-state index contributed by atoms with van der Waals surface area (Å²) in [5, 5.41) is 8.37. The average molecular weight is 407 g/mol. The van der Waals surface area contributed by atoms with Crippen molar-refractivity contribution >= 4 is 28.4 Å². The van der Waals surface area contributed by atoms with Gasteiger partial charge in [-0.05, 0) is 29.7 Å². The summed E-state index contributed by atoms with van der Waals surface area (Å²) in [4.78, 5) is 34.9. The van der Waals surface area contributed by atoms with Gasteiger partial charge >= 0.3 is 6.03 Å². The molecular formula is C21H21N5O2S. The number of anilines is 1. The Balaban J connectivity index is 1.47. The van der Waals surface area contributed by atoms with Crippen LogP contribution in [0.5, 0.6) is 0 Å². The van der Waals surface area contributed by atoms with Crippen molar-refractivity contribution in [2.45, 2.75) is 18.9 Å². The van der Waals surface area contributed by atoms with Crippen molar-refractivity contribution in [3.63, 3.8) is 0 Å². The third-order valence-corrected chi connectivity index (χ3v) is 5.58. The third kappa shape index (κ3) is 4.60. The highest BCUT2D eigenvalue weighted by atomic mass is 32.1. The fraction of sp³-hybridized carbons (Fsp3) is 0.238. The second-order valence-electron chi connectivity index (χ2n) is 6.73. The summed E-state index contributed by atoms with van der Waals surface area (Å²) < 4.78 is 0. The molecule has 3 aromatic rings. The summed E-state index contributed by atoms with van der Waals surface area (Å²) in [6.07, 6.45) is 4.47. The molecule has 4 rings (SSSR count). The van der Waals surface area contributed by atoms with E-state index in [4.69, 9.17) is 0 Å². The molecular weight excluding hydrogens is 386 g/mol. The van der Waals surface area contributed by atoms with Crippen molar-refractivity contribution < 1.29 is 9.59 Å². The first kappa shape index (κ1) is 19.1. The average Bonchev–Trinajstić information content (AvgIpc) is 3.21. The van der Waals surface area contributed by atoms with E-state index in [9.17, 15) is 9.59 Å². The molecule has 1 saturated heterocycles. The SMILES string of the molecule is O=C(Cc1csc(N2CCCNC2=O)n1)NC(c1ccccc1)c1ccncc1. The molecule has 1 aliphatic rings. The van der Waals surface area contributed by atoms with Crippen LogP contribution in [-0.2, 0) is 11.2 Å². The number of nitrogens with zero attached hydrogens (tertiary/aromatic N) is 3. The predicted molar refractivity (Wildman–Crippen MR) is 112 cm³/mol. The van der Waals surface area contributed by atoms with E-state index < -0.39 is 0 Å². The van der Waals surface area contributed by atoms with Crippen LogP contribution in [0.2, 0.25) is 0 Å². The van der Waals surface area contributed by atoms with Crippen LogP contribution < -0.4 is 15.5 Å². The normalized spacial score (nSPS) is 14.9. The molecule has 1 aliphatic heterocycles. The van der Waals surface area contributed by atoms with Gasteiger partial charge in [0.1, 0.15) is 0 Å². The first-order chi connectivity index (χ1) is 14.2. The number of pyridine rings is 1. The molecule has 7 nitrogen and oxygen atoms in total. The molecule has 148 valence electrons. The van der Waals surface area contributed by atoms with Crippen LogP contribution >= 0.6 is 11.3 Å². The molecule has 0 bridgehead atoms. The lowest BCUT2D eigenvalue weighted by molar-refractivity contribution is -0.121. The molecule has 0 aliphatic carbocycles. The zero-order valence-corrected chi connectivity index (χ0v) is 16.6. The first-order valence-electron chi connectivity index (χ1n) is 9.45. The maximum Gasteiger partial charge on any atom is 0.323 e. The van der Waals surface area contributed by atoms with Gasteiger partial charge in [0.15, 0.2) is 5.13 Å². The molecule has 3 amide bonds. The van der Waals surface area contributed by atoms with E-state index in [2.05, 4.69) is 20.6 Å². The van der Waals surface area contributed by atoms with Crippen LogP contribution in [0.15, 0.2) is 60.2 Å². The molecule has 29 heavy (non-hydrogen) atoms. The maximum atomic E-state index is 12.8. The van der Waals surface area contributed by atoms with Crippen molar-refractivity contribution in [3.8, 4) is 0 Å². The Morgan fingerprint density at radius 2 is 1.93 bits per heavy atom. The van der Waals surface area contributed by atoms with E-state index in [1.165, 1.54) is 11.3 Å². The monoisotopic (exact) mass is 407 g/mol. The number of aromatic nitrogens is 2. The minimum Gasteiger partial charge on any atom is -0.345 e. The first-order valence-corrected chi connectivity index (χ1v) is 10.3. The number of rotatable bonds is 6. The molecule has 1 unspecified atom stereocenters. The molecule has 3 heterocycles. The summed E-state index contributed by atoms with van der Waals surface area (Å²) in [5.74, 6) is -0.129. The molecule has 2 aromatic heterocycles. The van der Waals surface area contributed by atoms with E-state index in [1.54, 1.807) is 17.3 Å². The fourth-order valence-corrected chi connectivity index (χ4v) is 4.10. The van der Waals surface area contributed by atoms with Crippen molar-refractivity contribution in [3.05, 3.63) is 77.1 Å². The van der Waals surface area contributed by atoms with E-state index in [0.29, 0.717) is 23.9 Å². The van der Waals surface area contributed by atoms with Crippen LogP contribution in [0.25, 0.3) is 0 Å². The minimum atomic E-state index is -0.266. The molecule has 1 fully saturated rings. The Bertz CT molecular complexity index is 938. The second kappa shape index (κ2) is 8.83.